The van der Waals surface area contributed by atoms with Gasteiger partial charge in [0.05, 0.1) is 12.3 Å². The summed E-state index contributed by atoms with van der Waals surface area (Å²) in [6, 6.07) is 12.1. The van der Waals surface area contributed by atoms with Crippen molar-refractivity contribution in [2.45, 2.75) is 63.8 Å². The van der Waals surface area contributed by atoms with Crippen molar-refractivity contribution in [2.75, 3.05) is 32.8 Å². The van der Waals surface area contributed by atoms with Gasteiger partial charge in [0, 0.05) is 18.2 Å². The van der Waals surface area contributed by atoms with Gasteiger partial charge in [0.25, 0.3) is 0 Å². The highest BCUT2D eigenvalue weighted by Crippen LogP contribution is 2.41. The maximum absolute atomic E-state index is 6.06. The van der Waals surface area contributed by atoms with Gasteiger partial charge in [0.15, 0.2) is 0 Å². The number of aromatic nitrogens is 2. The molecule has 0 spiro atoms. The topological polar surface area (TPSA) is 50.3 Å². The van der Waals surface area contributed by atoms with E-state index in [2.05, 4.69) is 45.5 Å². The summed E-state index contributed by atoms with van der Waals surface area (Å²) in [5.74, 6) is 1.82. The van der Waals surface area contributed by atoms with Gasteiger partial charge in [-0.25, -0.2) is 4.98 Å². The minimum atomic E-state index is 0.534. The molecule has 5 heteroatoms. The summed E-state index contributed by atoms with van der Waals surface area (Å²) in [5, 5.41) is 3.43. The highest BCUT2D eigenvalue weighted by atomic mass is 16.5. The standard InChI is InChI=1S/C26H36N4O/c1-19-14-25(23-8-10-27-11-9-23)29-26(28-19)31-18-21-15-24(16-21)22-6-4-20(5-7-22)17-30-12-2-3-13-30/h4-7,14,21,23-24,27H,2-3,8-13,15-18H2,1H3/t21-,24+. The van der Waals surface area contributed by atoms with Gasteiger partial charge in [-0.3, -0.25) is 4.90 Å². The largest absolute Gasteiger partial charge is 0.463 e. The van der Waals surface area contributed by atoms with E-state index in [1.165, 1.54) is 49.9 Å². The second-order valence-corrected chi connectivity index (χ2v) is 9.81. The third-order valence-electron chi connectivity index (χ3n) is 7.35. The summed E-state index contributed by atoms with van der Waals surface area (Å²) in [6.07, 6.45) is 7.43. The first-order valence-electron chi connectivity index (χ1n) is 12.2. The van der Waals surface area contributed by atoms with Gasteiger partial charge < -0.3 is 10.1 Å². The lowest BCUT2D eigenvalue weighted by Crippen LogP contribution is -2.28. The van der Waals surface area contributed by atoms with Crippen molar-refractivity contribution < 1.29 is 4.74 Å². The van der Waals surface area contributed by atoms with Crippen molar-refractivity contribution in [3.05, 3.63) is 52.8 Å². The molecule has 2 saturated heterocycles. The third kappa shape index (κ3) is 5.27. The van der Waals surface area contributed by atoms with E-state index >= 15 is 0 Å². The minimum Gasteiger partial charge on any atom is -0.463 e. The Morgan fingerprint density at radius 3 is 2.48 bits per heavy atom. The number of aryl methyl sites for hydroxylation is 1. The predicted octanol–water partition coefficient (Wildman–Crippen LogP) is 4.42. The van der Waals surface area contributed by atoms with E-state index in [1.807, 2.05) is 6.92 Å². The maximum Gasteiger partial charge on any atom is 0.316 e. The van der Waals surface area contributed by atoms with E-state index in [1.54, 1.807) is 0 Å². The molecule has 1 saturated carbocycles. The van der Waals surface area contributed by atoms with Crippen LogP contribution in [0, 0.1) is 12.8 Å². The molecule has 5 nitrogen and oxygen atoms in total. The lowest BCUT2D eigenvalue weighted by atomic mass is 9.72. The van der Waals surface area contributed by atoms with Crippen LogP contribution in [0.1, 0.15) is 72.9 Å². The summed E-state index contributed by atoms with van der Waals surface area (Å²) < 4.78 is 6.06. The molecule has 0 unspecified atom stereocenters. The number of likely N-dealkylation sites (tertiary alicyclic amines) is 1. The molecule has 0 radical (unpaired) electrons. The van der Waals surface area contributed by atoms with Crippen molar-refractivity contribution in [2.24, 2.45) is 5.92 Å². The normalized spacial score (nSPS) is 24.8. The average Bonchev–Trinajstić information content (AvgIpc) is 3.27. The number of hydrogen-bond acceptors (Lipinski definition) is 5. The van der Waals surface area contributed by atoms with Crippen LogP contribution in [0.3, 0.4) is 0 Å². The number of nitrogens with zero attached hydrogens (tertiary/aromatic N) is 3. The van der Waals surface area contributed by atoms with E-state index in [4.69, 9.17) is 9.72 Å². The summed E-state index contributed by atoms with van der Waals surface area (Å²) >= 11 is 0. The molecule has 0 bridgehead atoms. The van der Waals surface area contributed by atoms with Crippen LogP contribution in [0.25, 0.3) is 0 Å². The van der Waals surface area contributed by atoms with E-state index in [0.717, 1.165) is 50.5 Å². The zero-order chi connectivity index (χ0) is 21.0. The second-order valence-electron chi connectivity index (χ2n) is 9.81. The van der Waals surface area contributed by atoms with Crippen molar-refractivity contribution in [1.82, 2.24) is 20.2 Å². The SMILES string of the molecule is Cc1cc(C2CCNCC2)nc(OC[C@H]2C[C@@H](c3ccc(CN4CCCC4)cc3)C2)n1. The number of ether oxygens (including phenoxy) is 1. The Morgan fingerprint density at radius 1 is 1.00 bits per heavy atom. The molecule has 1 aliphatic carbocycles. The fourth-order valence-corrected chi connectivity index (χ4v) is 5.39. The van der Waals surface area contributed by atoms with Gasteiger partial charge in [0.2, 0.25) is 0 Å². The first-order chi connectivity index (χ1) is 15.2. The molecule has 5 rings (SSSR count). The van der Waals surface area contributed by atoms with Gasteiger partial charge in [-0.2, -0.15) is 4.98 Å². The lowest BCUT2D eigenvalue weighted by Gasteiger charge is -2.35. The fourth-order valence-electron chi connectivity index (χ4n) is 5.39. The molecule has 3 aliphatic rings. The maximum atomic E-state index is 6.06. The Labute approximate surface area is 186 Å². The Hall–Kier alpha value is -1.98. The first-order valence-corrected chi connectivity index (χ1v) is 12.2. The molecule has 2 aliphatic heterocycles. The van der Waals surface area contributed by atoms with Gasteiger partial charge >= 0.3 is 6.01 Å². The minimum absolute atomic E-state index is 0.534. The van der Waals surface area contributed by atoms with Crippen molar-refractivity contribution in [1.29, 1.82) is 0 Å². The zero-order valence-electron chi connectivity index (χ0n) is 18.9. The smallest absolute Gasteiger partial charge is 0.316 e. The molecule has 1 aromatic heterocycles. The van der Waals surface area contributed by atoms with Crippen LogP contribution in [0.4, 0.5) is 0 Å². The van der Waals surface area contributed by atoms with E-state index in [9.17, 15) is 0 Å². The molecular weight excluding hydrogens is 384 g/mol. The highest BCUT2D eigenvalue weighted by Gasteiger charge is 2.31. The molecule has 3 fully saturated rings. The van der Waals surface area contributed by atoms with Gasteiger partial charge in [-0.15, -0.1) is 0 Å². The summed E-state index contributed by atoms with van der Waals surface area (Å²) in [7, 11) is 0. The molecule has 31 heavy (non-hydrogen) atoms. The Kier molecular flexibility index (Phi) is 6.51. The second kappa shape index (κ2) is 9.66. The molecule has 0 amide bonds. The van der Waals surface area contributed by atoms with Crippen LogP contribution in [0.15, 0.2) is 30.3 Å². The molecular formula is C26H36N4O. The summed E-state index contributed by atoms with van der Waals surface area (Å²) in [5.41, 5.74) is 5.11. The van der Waals surface area contributed by atoms with E-state index in [-0.39, 0.29) is 0 Å². The summed E-state index contributed by atoms with van der Waals surface area (Å²) in [4.78, 5) is 11.9. The molecule has 166 valence electrons. The quantitative estimate of drug-likeness (QED) is 0.719. The summed E-state index contributed by atoms with van der Waals surface area (Å²) in [6.45, 7) is 8.56. The van der Waals surface area contributed by atoms with Crippen LogP contribution in [0.2, 0.25) is 0 Å². The van der Waals surface area contributed by atoms with Gasteiger partial charge in [-0.1, -0.05) is 24.3 Å². The van der Waals surface area contributed by atoms with Crippen molar-refractivity contribution >= 4 is 0 Å². The zero-order valence-corrected chi connectivity index (χ0v) is 18.9. The van der Waals surface area contributed by atoms with E-state index in [0.29, 0.717) is 23.8 Å². The molecule has 1 N–H and O–H groups in total. The van der Waals surface area contributed by atoms with E-state index < -0.39 is 0 Å². The van der Waals surface area contributed by atoms with Crippen LogP contribution in [0.5, 0.6) is 6.01 Å². The molecule has 0 atom stereocenters. The monoisotopic (exact) mass is 420 g/mol. The number of benzene rings is 1. The average molecular weight is 421 g/mol. The van der Waals surface area contributed by atoms with Crippen LogP contribution in [-0.4, -0.2) is 47.7 Å². The first kappa shape index (κ1) is 20.9. The Morgan fingerprint density at radius 2 is 1.74 bits per heavy atom. The predicted molar refractivity (Wildman–Crippen MR) is 124 cm³/mol. The Balaban J connectivity index is 1.10. The lowest BCUT2D eigenvalue weighted by molar-refractivity contribution is 0.149. The third-order valence-corrected chi connectivity index (χ3v) is 7.35. The molecule has 3 heterocycles. The molecule has 2 aromatic rings. The van der Waals surface area contributed by atoms with Crippen LogP contribution < -0.4 is 10.1 Å². The van der Waals surface area contributed by atoms with Gasteiger partial charge in [-0.05, 0) is 101 Å². The Bertz CT molecular complexity index is 850. The number of piperidine rings is 1. The van der Waals surface area contributed by atoms with Crippen molar-refractivity contribution in [3.63, 3.8) is 0 Å². The van der Waals surface area contributed by atoms with Crippen molar-refractivity contribution in [3.8, 4) is 6.01 Å². The van der Waals surface area contributed by atoms with Crippen LogP contribution >= 0.6 is 0 Å². The number of nitrogens with one attached hydrogen (secondary N) is 1. The van der Waals surface area contributed by atoms with Gasteiger partial charge in [0.1, 0.15) is 0 Å². The van der Waals surface area contributed by atoms with Crippen LogP contribution in [-0.2, 0) is 6.54 Å². The number of hydrogen-bond donors (Lipinski definition) is 1. The molecule has 1 aromatic carbocycles. The number of rotatable bonds is 7. The fraction of sp³-hybridized carbons (Fsp3) is 0.615. The highest BCUT2D eigenvalue weighted by molar-refractivity contribution is 5.27.